The molecule has 4 aromatic rings. The molecule has 0 bridgehead atoms. The fourth-order valence-corrected chi connectivity index (χ4v) is 4.07. The number of aromatic nitrogens is 2. The van der Waals surface area contributed by atoms with Crippen LogP contribution in [0, 0.1) is 6.92 Å². The Kier molecular flexibility index (Phi) is 5.13. The first-order valence-electron chi connectivity index (χ1n) is 8.98. The van der Waals surface area contributed by atoms with Crippen LogP contribution in [0.5, 0.6) is 11.6 Å². The molecule has 0 spiro atoms. The van der Waals surface area contributed by atoms with Crippen LogP contribution in [0.3, 0.4) is 0 Å². The molecule has 3 N–H and O–H groups in total. The van der Waals surface area contributed by atoms with E-state index in [1.165, 1.54) is 0 Å². The van der Waals surface area contributed by atoms with E-state index in [1.807, 2.05) is 43.5 Å². The van der Waals surface area contributed by atoms with Gasteiger partial charge in [-0.15, -0.1) is 0 Å². The number of benzene rings is 2. The summed E-state index contributed by atoms with van der Waals surface area (Å²) in [6.07, 6.45) is 1.84. The second-order valence-corrected chi connectivity index (χ2v) is 7.51. The lowest BCUT2D eigenvalue weighted by molar-refractivity contribution is 0.414. The first-order valence-corrected chi connectivity index (χ1v) is 9.73. The van der Waals surface area contributed by atoms with Crippen molar-refractivity contribution in [2.24, 2.45) is 5.73 Å². The second-order valence-electron chi connectivity index (χ2n) is 6.67. The maximum atomic E-state index is 11.0. The van der Waals surface area contributed by atoms with Crippen molar-refractivity contribution in [1.29, 1.82) is 0 Å². The van der Waals surface area contributed by atoms with E-state index < -0.39 is 0 Å². The monoisotopic (exact) mass is 427 g/mol. The van der Waals surface area contributed by atoms with Gasteiger partial charge in [0, 0.05) is 51.1 Å². The number of hydrogen-bond acceptors (Lipinski definition) is 4. The van der Waals surface area contributed by atoms with E-state index in [4.69, 9.17) is 33.7 Å². The Morgan fingerprint density at radius 1 is 1.17 bits per heavy atom. The lowest BCUT2D eigenvalue weighted by atomic mass is 9.96. The van der Waals surface area contributed by atoms with Crippen molar-refractivity contribution in [2.45, 2.75) is 13.5 Å². The Bertz CT molecular complexity index is 1230. The van der Waals surface area contributed by atoms with Crippen LogP contribution in [0.4, 0.5) is 0 Å². The fourth-order valence-electron chi connectivity index (χ4n) is 3.56. The molecule has 29 heavy (non-hydrogen) atoms. The molecule has 0 radical (unpaired) electrons. The third kappa shape index (κ3) is 3.31. The zero-order chi connectivity index (χ0) is 20.7. The Labute approximate surface area is 178 Å². The molecule has 148 valence electrons. The van der Waals surface area contributed by atoms with Crippen molar-refractivity contribution in [2.75, 3.05) is 7.11 Å². The predicted octanol–water partition coefficient (Wildman–Crippen LogP) is 5.48. The van der Waals surface area contributed by atoms with Crippen molar-refractivity contribution in [3.05, 3.63) is 70.0 Å². The molecule has 7 heteroatoms. The van der Waals surface area contributed by atoms with Gasteiger partial charge in [0.15, 0.2) is 0 Å². The van der Waals surface area contributed by atoms with Gasteiger partial charge in [-0.2, -0.15) is 0 Å². The molecule has 5 nitrogen and oxygen atoms in total. The second kappa shape index (κ2) is 7.59. The predicted molar refractivity (Wildman–Crippen MR) is 117 cm³/mol. The van der Waals surface area contributed by atoms with E-state index >= 15 is 0 Å². The average molecular weight is 428 g/mol. The standard InChI is InChI=1S/C22H19Cl2N3O2/c1-12-17(10-25)20(16-7-6-13(23)8-19(16)24)18-11-27(22(28)21(18)26-12)14-4-3-5-15(9-14)29-2/h3-9,11,28H,10,25H2,1-2H3. The van der Waals surface area contributed by atoms with Gasteiger partial charge < -0.3 is 15.6 Å². The zero-order valence-corrected chi connectivity index (χ0v) is 17.4. The van der Waals surface area contributed by atoms with Gasteiger partial charge in [0.05, 0.1) is 12.8 Å². The minimum atomic E-state index is 0.0336. The number of halogens is 2. The molecule has 0 amide bonds. The summed E-state index contributed by atoms with van der Waals surface area (Å²) in [5.74, 6) is 0.721. The molecule has 2 heterocycles. The van der Waals surface area contributed by atoms with Crippen molar-refractivity contribution >= 4 is 34.1 Å². The normalized spacial score (nSPS) is 11.2. The summed E-state index contributed by atoms with van der Waals surface area (Å²) in [5, 5.41) is 12.8. The topological polar surface area (TPSA) is 73.3 Å². The summed E-state index contributed by atoms with van der Waals surface area (Å²) in [6.45, 7) is 2.16. The molecule has 2 aromatic carbocycles. The van der Waals surface area contributed by atoms with Crippen LogP contribution in [0.1, 0.15) is 11.3 Å². The molecule has 2 aromatic heterocycles. The van der Waals surface area contributed by atoms with Crippen molar-refractivity contribution in [1.82, 2.24) is 9.55 Å². The van der Waals surface area contributed by atoms with Gasteiger partial charge in [-0.05, 0) is 36.8 Å². The summed E-state index contributed by atoms with van der Waals surface area (Å²) in [5.41, 5.74) is 10.5. The van der Waals surface area contributed by atoms with E-state index in [0.29, 0.717) is 21.3 Å². The van der Waals surface area contributed by atoms with Crippen LogP contribution in [0.15, 0.2) is 48.7 Å². The summed E-state index contributed by atoms with van der Waals surface area (Å²) in [6, 6.07) is 12.8. The molecule has 0 fully saturated rings. The van der Waals surface area contributed by atoms with Crippen LogP contribution in [0.25, 0.3) is 27.7 Å². The number of pyridine rings is 1. The highest BCUT2D eigenvalue weighted by Crippen LogP contribution is 2.41. The summed E-state index contributed by atoms with van der Waals surface area (Å²) < 4.78 is 6.98. The quantitative estimate of drug-likeness (QED) is 0.452. The summed E-state index contributed by atoms with van der Waals surface area (Å²) in [4.78, 5) is 4.62. The maximum absolute atomic E-state index is 11.0. The van der Waals surface area contributed by atoms with Crippen molar-refractivity contribution in [3.8, 4) is 28.4 Å². The zero-order valence-electron chi connectivity index (χ0n) is 15.9. The van der Waals surface area contributed by atoms with E-state index in [2.05, 4.69) is 4.98 Å². The van der Waals surface area contributed by atoms with Gasteiger partial charge in [0.25, 0.3) is 0 Å². The fraction of sp³-hybridized carbons (Fsp3) is 0.136. The highest BCUT2D eigenvalue weighted by molar-refractivity contribution is 6.36. The maximum Gasteiger partial charge on any atom is 0.223 e. The number of nitrogens with zero attached hydrogens (tertiary/aromatic N) is 2. The van der Waals surface area contributed by atoms with E-state index in [0.717, 1.165) is 33.5 Å². The Morgan fingerprint density at radius 2 is 1.97 bits per heavy atom. The Balaban J connectivity index is 2.06. The van der Waals surface area contributed by atoms with E-state index in [-0.39, 0.29) is 12.4 Å². The van der Waals surface area contributed by atoms with Gasteiger partial charge >= 0.3 is 0 Å². The molecule has 0 atom stereocenters. The third-order valence-corrected chi connectivity index (χ3v) is 5.52. The molecule has 0 saturated heterocycles. The molecule has 0 aliphatic heterocycles. The average Bonchev–Trinajstić information content (AvgIpc) is 3.03. The van der Waals surface area contributed by atoms with Gasteiger partial charge in [-0.25, -0.2) is 4.98 Å². The van der Waals surface area contributed by atoms with Gasteiger partial charge in [-0.3, -0.25) is 4.57 Å². The number of ether oxygens (including phenoxy) is 1. The van der Waals surface area contributed by atoms with Gasteiger partial charge in [0.1, 0.15) is 11.3 Å². The van der Waals surface area contributed by atoms with E-state index in [1.54, 1.807) is 23.8 Å². The van der Waals surface area contributed by atoms with Crippen LogP contribution in [0.2, 0.25) is 10.0 Å². The smallest absolute Gasteiger partial charge is 0.223 e. The number of nitrogens with two attached hydrogens (primary N) is 1. The number of aromatic hydroxyl groups is 1. The molecule has 0 aliphatic carbocycles. The third-order valence-electron chi connectivity index (χ3n) is 4.98. The van der Waals surface area contributed by atoms with Crippen LogP contribution >= 0.6 is 23.2 Å². The molecule has 4 rings (SSSR count). The lowest BCUT2D eigenvalue weighted by Gasteiger charge is -2.14. The highest BCUT2D eigenvalue weighted by atomic mass is 35.5. The van der Waals surface area contributed by atoms with Crippen molar-refractivity contribution in [3.63, 3.8) is 0 Å². The highest BCUT2D eigenvalue weighted by Gasteiger charge is 2.21. The van der Waals surface area contributed by atoms with E-state index in [9.17, 15) is 5.11 Å². The van der Waals surface area contributed by atoms with Gasteiger partial charge in [-0.1, -0.05) is 35.3 Å². The first kappa shape index (κ1) is 19.6. The largest absolute Gasteiger partial charge is 0.497 e. The van der Waals surface area contributed by atoms with Crippen LogP contribution in [-0.2, 0) is 6.54 Å². The first-order chi connectivity index (χ1) is 13.9. The Morgan fingerprint density at radius 3 is 2.66 bits per heavy atom. The number of fused-ring (bicyclic) bond motifs is 1. The molecule has 0 aliphatic rings. The van der Waals surface area contributed by atoms with Crippen LogP contribution in [-0.4, -0.2) is 21.8 Å². The minimum absolute atomic E-state index is 0.0336. The van der Waals surface area contributed by atoms with Gasteiger partial charge in [0.2, 0.25) is 5.88 Å². The summed E-state index contributed by atoms with van der Waals surface area (Å²) >= 11 is 12.6. The molecular formula is C22H19Cl2N3O2. The number of aryl methyl sites for hydroxylation is 1. The van der Waals surface area contributed by atoms with Crippen molar-refractivity contribution < 1.29 is 9.84 Å². The minimum Gasteiger partial charge on any atom is -0.497 e. The number of methoxy groups -OCH3 is 1. The number of rotatable bonds is 4. The molecule has 0 unspecified atom stereocenters. The van der Waals surface area contributed by atoms with Crippen LogP contribution < -0.4 is 10.5 Å². The summed E-state index contributed by atoms with van der Waals surface area (Å²) in [7, 11) is 1.60. The SMILES string of the molecule is COc1cccc(-n2cc3c(-c4ccc(Cl)cc4Cl)c(CN)c(C)nc3c2O)c1. The number of hydrogen-bond donors (Lipinski definition) is 2. The Hall–Kier alpha value is -2.73. The lowest BCUT2D eigenvalue weighted by Crippen LogP contribution is -2.04. The molecule has 0 saturated carbocycles. The molecular weight excluding hydrogens is 409 g/mol.